The second-order valence-electron chi connectivity index (χ2n) is 4.46. The maximum Gasteiger partial charge on any atom is 0.124 e. The molecular weight excluding hydrogens is 275 g/mol. The topological polar surface area (TPSA) is 35.8 Å². The molecule has 0 fully saturated rings. The van der Waals surface area contributed by atoms with Crippen molar-refractivity contribution in [3.05, 3.63) is 64.4 Å². The minimum absolute atomic E-state index is 0.0197. The number of nitriles is 1. The van der Waals surface area contributed by atoms with Crippen molar-refractivity contribution in [1.82, 2.24) is 0 Å². The van der Waals surface area contributed by atoms with Gasteiger partial charge in [-0.15, -0.1) is 0 Å². The first kappa shape index (κ1) is 14.4. The van der Waals surface area contributed by atoms with Crippen molar-refractivity contribution < 1.29 is 4.39 Å². The highest BCUT2D eigenvalue weighted by Gasteiger charge is 2.12. The number of benzene rings is 2. The third kappa shape index (κ3) is 3.28. The van der Waals surface area contributed by atoms with Gasteiger partial charge in [0.1, 0.15) is 11.9 Å². The van der Waals surface area contributed by atoms with Crippen LogP contribution in [0, 0.1) is 17.1 Å². The Labute approximate surface area is 122 Å². The lowest BCUT2D eigenvalue weighted by molar-refractivity contribution is 0.627. The van der Waals surface area contributed by atoms with Gasteiger partial charge in [-0.05, 0) is 42.3 Å². The molecule has 0 spiro atoms. The smallest absolute Gasteiger partial charge is 0.124 e. The highest BCUT2D eigenvalue weighted by Crippen LogP contribution is 2.26. The molecular formula is C16H14ClFN2. The van der Waals surface area contributed by atoms with Crippen LogP contribution in [-0.4, -0.2) is 0 Å². The van der Waals surface area contributed by atoms with Crippen LogP contribution in [0.5, 0.6) is 0 Å². The summed E-state index contributed by atoms with van der Waals surface area (Å²) in [5, 5.41) is 13.0. The first-order valence-electron chi connectivity index (χ1n) is 6.35. The SMILES string of the molecule is CCC(Nc1ccc(F)cc1C#N)c1cccc(Cl)c1. The summed E-state index contributed by atoms with van der Waals surface area (Å²) in [7, 11) is 0. The van der Waals surface area contributed by atoms with E-state index >= 15 is 0 Å². The Hall–Kier alpha value is -2.05. The van der Waals surface area contributed by atoms with Gasteiger partial charge in [-0.1, -0.05) is 30.7 Å². The van der Waals surface area contributed by atoms with Crippen LogP contribution in [0.2, 0.25) is 5.02 Å². The maximum atomic E-state index is 13.1. The standard InChI is InChI=1S/C16H14ClFN2/c1-2-15(11-4-3-5-13(17)8-11)20-16-7-6-14(18)9-12(16)10-19/h3-9,15,20H,2H2,1H3. The number of rotatable bonds is 4. The van der Waals surface area contributed by atoms with E-state index in [0.717, 1.165) is 12.0 Å². The molecule has 0 heterocycles. The van der Waals surface area contributed by atoms with Crippen molar-refractivity contribution in [3.63, 3.8) is 0 Å². The highest BCUT2D eigenvalue weighted by molar-refractivity contribution is 6.30. The minimum Gasteiger partial charge on any atom is -0.377 e. The van der Waals surface area contributed by atoms with E-state index in [4.69, 9.17) is 16.9 Å². The summed E-state index contributed by atoms with van der Waals surface area (Å²) in [6.07, 6.45) is 0.822. The number of nitrogens with zero attached hydrogens (tertiary/aromatic N) is 1. The van der Waals surface area contributed by atoms with Crippen LogP contribution < -0.4 is 5.32 Å². The lowest BCUT2D eigenvalue weighted by Crippen LogP contribution is -2.10. The number of hydrogen-bond acceptors (Lipinski definition) is 2. The third-order valence-corrected chi connectivity index (χ3v) is 3.33. The Kier molecular flexibility index (Phi) is 4.60. The summed E-state index contributed by atoms with van der Waals surface area (Å²) in [6, 6.07) is 13.7. The van der Waals surface area contributed by atoms with E-state index < -0.39 is 5.82 Å². The van der Waals surface area contributed by atoms with Crippen LogP contribution in [0.3, 0.4) is 0 Å². The molecule has 1 atom stereocenters. The fourth-order valence-electron chi connectivity index (χ4n) is 2.07. The second kappa shape index (κ2) is 6.40. The minimum atomic E-state index is -0.414. The van der Waals surface area contributed by atoms with E-state index in [2.05, 4.69) is 5.32 Å². The van der Waals surface area contributed by atoms with Gasteiger partial charge in [0.15, 0.2) is 0 Å². The Morgan fingerprint density at radius 3 is 2.75 bits per heavy atom. The van der Waals surface area contributed by atoms with Crippen molar-refractivity contribution >= 4 is 17.3 Å². The van der Waals surface area contributed by atoms with E-state index in [9.17, 15) is 4.39 Å². The van der Waals surface area contributed by atoms with Crippen molar-refractivity contribution in [2.24, 2.45) is 0 Å². The monoisotopic (exact) mass is 288 g/mol. The van der Waals surface area contributed by atoms with Gasteiger partial charge in [0.25, 0.3) is 0 Å². The van der Waals surface area contributed by atoms with Crippen LogP contribution in [0.25, 0.3) is 0 Å². The van der Waals surface area contributed by atoms with E-state index in [1.165, 1.54) is 12.1 Å². The molecule has 20 heavy (non-hydrogen) atoms. The van der Waals surface area contributed by atoms with Gasteiger partial charge in [-0.2, -0.15) is 5.26 Å². The number of anilines is 1. The normalized spacial score (nSPS) is 11.7. The third-order valence-electron chi connectivity index (χ3n) is 3.09. The molecule has 0 aromatic heterocycles. The van der Waals surface area contributed by atoms with Gasteiger partial charge in [0.05, 0.1) is 17.3 Å². The zero-order chi connectivity index (χ0) is 14.5. The van der Waals surface area contributed by atoms with E-state index in [0.29, 0.717) is 16.3 Å². The van der Waals surface area contributed by atoms with Crippen LogP contribution in [-0.2, 0) is 0 Å². The van der Waals surface area contributed by atoms with Crippen molar-refractivity contribution in [3.8, 4) is 6.07 Å². The molecule has 4 heteroatoms. The first-order valence-corrected chi connectivity index (χ1v) is 6.73. The molecule has 0 bridgehead atoms. The average molecular weight is 289 g/mol. The predicted molar refractivity (Wildman–Crippen MR) is 79.2 cm³/mol. The molecule has 0 aliphatic heterocycles. The fraction of sp³-hybridized carbons (Fsp3) is 0.188. The van der Waals surface area contributed by atoms with Crippen LogP contribution in [0.15, 0.2) is 42.5 Å². The second-order valence-corrected chi connectivity index (χ2v) is 4.90. The lowest BCUT2D eigenvalue weighted by atomic mass is 10.0. The van der Waals surface area contributed by atoms with Gasteiger partial charge < -0.3 is 5.32 Å². The molecule has 0 saturated carbocycles. The van der Waals surface area contributed by atoms with Gasteiger partial charge in [0, 0.05) is 5.02 Å². The van der Waals surface area contributed by atoms with Gasteiger partial charge in [-0.3, -0.25) is 0 Å². The Balaban J connectivity index is 2.29. The molecule has 0 aliphatic rings. The van der Waals surface area contributed by atoms with Crippen molar-refractivity contribution in [2.75, 3.05) is 5.32 Å². The van der Waals surface area contributed by atoms with Crippen LogP contribution >= 0.6 is 11.6 Å². The number of hydrogen-bond donors (Lipinski definition) is 1. The molecule has 0 amide bonds. The Bertz CT molecular complexity index is 649. The summed E-state index contributed by atoms with van der Waals surface area (Å²) in [5.74, 6) is -0.414. The summed E-state index contributed by atoms with van der Waals surface area (Å²) >= 11 is 6.00. The van der Waals surface area contributed by atoms with E-state index in [1.54, 1.807) is 6.07 Å². The quantitative estimate of drug-likeness (QED) is 0.867. The van der Waals surface area contributed by atoms with E-state index in [1.807, 2.05) is 37.3 Å². The summed E-state index contributed by atoms with van der Waals surface area (Å²) in [4.78, 5) is 0. The molecule has 2 aromatic carbocycles. The van der Waals surface area contributed by atoms with Crippen LogP contribution in [0.1, 0.15) is 30.5 Å². The lowest BCUT2D eigenvalue weighted by Gasteiger charge is -2.19. The summed E-state index contributed by atoms with van der Waals surface area (Å²) < 4.78 is 13.1. The van der Waals surface area contributed by atoms with E-state index in [-0.39, 0.29) is 6.04 Å². The zero-order valence-electron chi connectivity index (χ0n) is 11.0. The maximum absolute atomic E-state index is 13.1. The number of nitrogens with one attached hydrogen (secondary N) is 1. The zero-order valence-corrected chi connectivity index (χ0v) is 11.8. The Morgan fingerprint density at radius 1 is 1.30 bits per heavy atom. The Morgan fingerprint density at radius 2 is 2.10 bits per heavy atom. The van der Waals surface area contributed by atoms with Crippen molar-refractivity contribution in [2.45, 2.75) is 19.4 Å². The van der Waals surface area contributed by atoms with Crippen molar-refractivity contribution in [1.29, 1.82) is 5.26 Å². The molecule has 2 nitrogen and oxygen atoms in total. The molecule has 0 radical (unpaired) electrons. The van der Waals surface area contributed by atoms with Gasteiger partial charge >= 0.3 is 0 Å². The fourth-order valence-corrected chi connectivity index (χ4v) is 2.27. The molecule has 2 aromatic rings. The molecule has 1 N–H and O–H groups in total. The number of halogens is 2. The molecule has 102 valence electrons. The molecule has 0 saturated heterocycles. The van der Waals surface area contributed by atoms with Crippen LogP contribution in [0.4, 0.5) is 10.1 Å². The predicted octanol–water partition coefficient (Wildman–Crippen LogP) is 4.91. The molecule has 1 unspecified atom stereocenters. The molecule has 2 rings (SSSR count). The van der Waals surface area contributed by atoms with Gasteiger partial charge in [-0.25, -0.2) is 4.39 Å². The van der Waals surface area contributed by atoms with Gasteiger partial charge in [0.2, 0.25) is 0 Å². The highest BCUT2D eigenvalue weighted by atomic mass is 35.5. The average Bonchev–Trinajstić information content (AvgIpc) is 2.45. The molecule has 0 aliphatic carbocycles. The summed E-state index contributed by atoms with van der Waals surface area (Å²) in [5.41, 5.74) is 1.96. The largest absolute Gasteiger partial charge is 0.377 e. The first-order chi connectivity index (χ1) is 9.63. The summed E-state index contributed by atoms with van der Waals surface area (Å²) in [6.45, 7) is 2.04.